The van der Waals surface area contributed by atoms with Crippen molar-refractivity contribution < 1.29 is 19.1 Å². The molecule has 1 amide bonds. The Hall–Kier alpha value is -4.15. The van der Waals surface area contributed by atoms with Crippen molar-refractivity contribution in [3.05, 3.63) is 110 Å². The van der Waals surface area contributed by atoms with E-state index in [-0.39, 0.29) is 16.4 Å². The van der Waals surface area contributed by atoms with Gasteiger partial charge in [-0.3, -0.25) is 24.5 Å². The van der Waals surface area contributed by atoms with Crippen molar-refractivity contribution in [2.75, 3.05) is 25.5 Å². The maximum Gasteiger partial charge on any atom is 0.320 e. The fraction of sp³-hybridized carbons (Fsp3) is 0.333. The van der Waals surface area contributed by atoms with E-state index in [1.807, 2.05) is 17.0 Å². The highest BCUT2D eigenvalue weighted by Crippen LogP contribution is 2.43. The summed E-state index contributed by atoms with van der Waals surface area (Å²) in [6, 6.07) is 13.7. The number of carbonyl (C=O) groups excluding carboxylic acids is 1. The van der Waals surface area contributed by atoms with E-state index in [0.29, 0.717) is 46.3 Å². The third kappa shape index (κ3) is 7.32. The highest BCUT2D eigenvalue weighted by Gasteiger charge is 2.32. The number of likely N-dealkylation sites (tertiary alicyclic amines) is 1. The zero-order valence-corrected chi connectivity index (χ0v) is 29.3. The fourth-order valence-corrected chi connectivity index (χ4v) is 7.58. The summed E-state index contributed by atoms with van der Waals surface area (Å²) < 4.78 is 15.5. The molecule has 1 atom stereocenters. The number of piperidine rings is 1. The Morgan fingerprint density at radius 1 is 0.960 bits per heavy atom. The van der Waals surface area contributed by atoms with Crippen LogP contribution in [0.2, 0.25) is 10.0 Å². The Labute approximate surface area is 300 Å². The van der Waals surface area contributed by atoms with Crippen LogP contribution in [0.1, 0.15) is 82.0 Å². The smallest absolute Gasteiger partial charge is 0.320 e. The van der Waals surface area contributed by atoms with Crippen molar-refractivity contribution >= 4 is 52.7 Å². The number of amides is 1. The molecule has 4 heterocycles. The molecule has 0 bridgehead atoms. The van der Waals surface area contributed by atoms with Gasteiger partial charge in [0.05, 0.1) is 21.4 Å². The van der Waals surface area contributed by atoms with Crippen LogP contribution in [-0.4, -0.2) is 62.9 Å². The maximum atomic E-state index is 15.5. The summed E-state index contributed by atoms with van der Waals surface area (Å²) in [7, 11) is 2.06. The van der Waals surface area contributed by atoms with Gasteiger partial charge in [-0.1, -0.05) is 60.0 Å². The number of pyridine rings is 2. The summed E-state index contributed by atoms with van der Waals surface area (Å²) in [4.78, 5) is 38.5. The number of fused-ring (bicyclic) bond motifs is 1. The lowest BCUT2D eigenvalue weighted by atomic mass is 9.99. The quantitative estimate of drug-likeness (QED) is 0.180. The standard InChI is InChI=1S/C39H38Cl2FN5O3/c1-46-15-13-24-17-33(43-19-26(24)21-46)31(42)16-25-6-4-7-28(36(25)40)29-8-5-9-32(37(29)41)45-38(48)34-18-30(23-11-12-23)27(20-44-34)22-47-14-3-2-10-35(47)39(49)50/h4-9,16-20,23,35H,2-3,10-15,21-22H2,1H3,(H,45,48)(H,49,50). The van der Waals surface area contributed by atoms with Gasteiger partial charge in [0.2, 0.25) is 0 Å². The van der Waals surface area contributed by atoms with Gasteiger partial charge in [0, 0.05) is 43.2 Å². The second kappa shape index (κ2) is 14.6. The Morgan fingerprint density at radius 2 is 1.72 bits per heavy atom. The molecule has 7 rings (SSSR count). The Bertz CT molecular complexity index is 2000. The van der Waals surface area contributed by atoms with Gasteiger partial charge < -0.3 is 15.3 Å². The van der Waals surface area contributed by atoms with E-state index in [0.717, 1.165) is 74.0 Å². The number of carboxylic acid groups (broad SMARTS) is 1. The molecule has 2 N–H and O–H groups in total. The first-order chi connectivity index (χ1) is 24.2. The van der Waals surface area contributed by atoms with Crippen LogP contribution in [-0.2, 0) is 24.3 Å². The first-order valence-electron chi connectivity index (χ1n) is 17.0. The number of rotatable bonds is 9. The van der Waals surface area contributed by atoms with Crippen LogP contribution in [0.25, 0.3) is 23.0 Å². The lowest BCUT2D eigenvalue weighted by Crippen LogP contribution is -2.44. The number of carbonyl (C=O) groups is 2. The molecule has 1 saturated heterocycles. The molecule has 0 radical (unpaired) electrons. The molecule has 2 aliphatic heterocycles. The van der Waals surface area contributed by atoms with E-state index in [1.54, 1.807) is 48.8 Å². The minimum Gasteiger partial charge on any atom is -0.480 e. The zero-order chi connectivity index (χ0) is 34.9. The number of nitrogens with zero attached hydrogens (tertiary/aromatic N) is 4. The Morgan fingerprint density at radius 3 is 2.50 bits per heavy atom. The van der Waals surface area contributed by atoms with Crippen LogP contribution < -0.4 is 5.32 Å². The lowest BCUT2D eigenvalue weighted by Gasteiger charge is -2.33. The van der Waals surface area contributed by atoms with Crippen LogP contribution in [0, 0.1) is 0 Å². The number of hydrogen-bond acceptors (Lipinski definition) is 6. The highest BCUT2D eigenvalue weighted by atomic mass is 35.5. The molecular weight excluding hydrogens is 676 g/mol. The molecule has 2 fully saturated rings. The molecule has 2 aromatic heterocycles. The first-order valence-corrected chi connectivity index (χ1v) is 17.8. The van der Waals surface area contributed by atoms with Crippen molar-refractivity contribution in [1.29, 1.82) is 0 Å². The fourth-order valence-electron chi connectivity index (χ4n) is 7.02. The number of carboxylic acids is 1. The number of likely N-dealkylation sites (N-methyl/N-ethyl adjacent to an activating group) is 1. The predicted octanol–water partition coefficient (Wildman–Crippen LogP) is 8.47. The Balaban J connectivity index is 1.11. The third-order valence-corrected chi connectivity index (χ3v) is 10.8. The van der Waals surface area contributed by atoms with Crippen molar-refractivity contribution in [2.45, 2.75) is 63.6 Å². The largest absolute Gasteiger partial charge is 0.480 e. The van der Waals surface area contributed by atoms with Gasteiger partial charge in [0.25, 0.3) is 5.91 Å². The van der Waals surface area contributed by atoms with Gasteiger partial charge in [0.15, 0.2) is 0 Å². The number of halogens is 3. The average molecular weight is 715 g/mol. The molecule has 2 aromatic carbocycles. The minimum absolute atomic E-state index is 0.258. The van der Waals surface area contributed by atoms with E-state index in [4.69, 9.17) is 23.2 Å². The molecule has 50 heavy (non-hydrogen) atoms. The van der Waals surface area contributed by atoms with Crippen LogP contribution in [0.15, 0.2) is 60.9 Å². The summed E-state index contributed by atoms with van der Waals surface area (Å²) in [5.74, 6) is -1.36. The first kappa shape index (κ1) is 34.3. The minimum atomic E-state index is -0.798. The molecule has 1 saturated carbocycles. The molecule has 3 aliphatic rings. The van der Waals surface area contributed by atoms with Gasteiger partial charge >= 0.3 is 5.97 Å². The number of benzene rings is 2. The second-order valence-electron chi connectivity index (χ2n) is 13.5. The number of anilines is 1. The SMILES string of the molecule is CN1CCc2cc(C(F)=Cc3cccc(-c4cccc(NC(=O)c5cc(C6CC6)c(CN6CCCCC6C(=O)O)cn5)c4Cl)c3Cl)ncc2C1. The molecular formula is C39H38Cl2FN5O3. The molecule has 8 nitrogen and oxygen atoms in total. The van der Waals surface area contributed by atoms with Gasteiger partial charge in [-0.05, 0) is 104 Å². The van der Waals surface area contributed by atoms with E-state index in [2.05, 4.69) is 27.2 Å². The van der Waals surface area contributed by atoms with E-state index < -0.39 is 23.7 Å². The molecule has 1 aliphatic carbocycles. The maximum absolute atomic E-state index is 15.5. The molecule has 258 valence electrons. The topological polar surface area (TPSA) is 98.7 Å². The summed E-state index contributed by atoms with van der Waals surface area (Å²) in [5, 5.41) is 13.3. The third-order valence-electron chi connectivity index (χ3n) is 9.92. The zero-order valence-electron chi connectivity index (χ0n) is 27.8. The second-order valence-corrected chi connectivity index (χ2v) is 14.3. The van der Waals surface area contributed by atoms with Crippen LogP contribution in [0.4, 0.5) is 10.1 Å². The van der Waals surface area contributed by atoms with Crippen LogP contribution >= 0.6 is 23.2 Å². The van der Waals surface area contributed by atoms with Crippen LogP contribution in [0.3, 0.4) is 0 Å². The van der Waals surface area contributed by atoms with Crippen molar-refractivity contribution in [1.82, 2.24) is 19.8 Å². The normalized spacial score (nSPS) is 18.5. The average Bonchev–Trinajstić information content (AvgIpc) is 3.96. The number of aromatic nitrogens is 2. The summed E-state index contributed by atoms with van der Waals surface area (Å²) in [6.07, 6.45) is 10.2. The summed E-state index contributed by atoms with van der Waals surface area (Å²) >= 11 is 13.8. The summed E-state index contributed by atoms with van der Waals surface area (Å²) in [5.41, 5.74) is 6.77. The number of aliphatic carboxylic acids is 1. The predicted molar refractivity (Wildman–Crippen MR) is 195 cm³/mol. The number of hydrogen-bond donors (Lipinski definition) is 2. The van der Waals surface area contributed by atoms with Crippen molar-refractivity contribution in [3.63, 3.8) is 0 Å². The molecule has 4 aromatic rings. The monoisotopic (exact) mass is 713 g/mol. The van der Waals surface area contributed by atoms with Crippen molar-refractivity contribution in [2.24, 2.45) is 0 Å². The van der Waals surface area contributed by atoms with E-state index in [1.165, 1.54) is 6.08 Å². The molecule has 1 unspecified atom stereocenters. The van der Waals surface area contributed by atoms with Gasteiger partial charge in [-0.15, -0.1) is 0 Å². The highest BCUT2D eigenvalue weighted by molar-refractivity contribution is 6.39. The lowest BCUT2D eigenvalue weighted by molar-refractivity contribution is -0.144. The van der Waals surface area contributed by atoms with Gasteiger partial charge in [-0.25, -0.2) is 4.39 Å². The van der Waals surface area contributed by atoms with Crippen LogP contribution in [0.5, 0.6) is 0 Å². The number of nitrogens with one attached hydrogen (secondary N) is 1. The van der Waals surface area contributed by atoms with Crippen molar-refractivity contribution in [3.8, 4) is 11.1 Å². The Kier molecular flexibility index (Phi) is 10.0. The molecule has 0 spiro atoms. The summed E-state index contributed by atoms with van der Waals surface area (Å²) in [6.45, 7) is 2.92. The van der Waals surface area contributed by atoms with Gasteiger partial charge in [-0.2, -0.15) is 0 Å². The van der Waals surface area contributed by atoms with E-state index >= 15 is 4.39 Å². The van der Waals surface area contributed by atoms with E-state index in [9.17, 15) is 14.7 Å². The van der Waals surface area contributed by atoms with Gasteiger partial charge in [0.1, 0.15) is 17.6 Å². The molecule has 11 heteroatoms.